The van der Waals surface area contributed by atoms with E-state index in [9.17, 15) is 9.18 Å². The molecule has 0 saturated heterocycles. The van der Waals surface area contributed by atoms with Crippen molar-refractivity contribution in [2.75, 3.05) is 13.4 Å². The summed E-state index contributed by atoms with van der Waals surface area (Å²) in [6.07, 6.45) is 0. The first-order valence-corrected chi connectivity index (χ1v) is 8.86. The minimum Gasteiger partial charge on any atom is -0.474 e. The van der Waals surface area contributed by atoms with Crippen LogP contribution in [0.4, 0.5) is 4.39 Å². The zero-order valence-electron chi connectivity index (χ0n) is 14.4. The van der Waals surface area contributed by atoms with Gasteiger partial charge in [-0.15, -0.1) is 0 Å². The Balaban J connectivity index is 2.04. The standard InChI is InChI=1S/C20H18Cl2FNO2/c1-20(2,14-8-15(21)10-16(22)9-14)24-12-26-17(11-23)18(19(24)25)13-6-4-3-5-7-13/h3-10H,11-12H2,1-2H3. The van der Waals surface area contributed by atoms with Gasteiger partial charge in [-0.25, -0.2) is 4.39 Å². The van der Waals surface area contributed by atoms with E-state index in [1.54, 1.807) is 47.4 Å². The van der Waals surface area contributed by atoms with E-state index in [-0.39, 0.29) is 24.0 Å². The normalized spacial score (nSPS) is 15.3. The van der Waals surface area contributed by atoms with E-state index in [0.29, 0.717) is 15.6 Å². The zero-order chi connectivity index (χ0) is 18.9. The van der Waals surface area contributed by atoms with Crippen LogP contribution in [0.1, 0.15) is 25.0 Å². The Bertz CT molecular complexity index is 845. The number of ether oxygens (including phenoxy) is 1. The smallest absolute Gasteiger partial charge is 0.261 e. The van der Waals surface area contributed by atoms with Crippen molar-refractivity contribution in [3.05, 3.63) is 75.5 Å². The molecule has 0 fully saturated rings. The van der Waals surface area contributed by atoms with E-state index in [1.165, 1.54) is 0 Å². The fraction of sp³-hybridized carbons (Fsp3) is 0.250. The number of nitrogens with zero attached hydrogens (tertiary/aromatic N) is 1. The minimum atomic E-state index is -0.840. The van der Waals surface area contributed by atoms with Crippen molar-refractivity contribution in [3.8, 4) is 0 Å². The predicted octanol–water partition coefficient (Wildman–Crippen LogP) is 5.43. The Morgan fingerprint density at radius 2 is 1.73 bits per heavy atom. The fourth-order valence-electron chi connectivity index (χ4n) is 3.00. The fourth-order valence-corrected chi connectivity index (χ4v) is 3.53. The predicted molar refractivity (Wildman–Crippen MR) is 102 cm³/mol. The molecule has 0 N–H and O–H groups in total. The molecule has 136 valence electrons. The van der Waals surface area contributed by atoms with Crippen LogP contribution in [0.2, 0.25) is 10.0 Å². The first kappa shape index (κ1) is 18.7. The van der Waals surface area contributed by atoms with Gasteiger partial charge in [0.15, 0.2) is 6.73 Å². The highest BCUT2D eigenvalue weighted by molar-refractivity contribution is 6.34. The summed E-state index contributed by atoms with van der Waals surface area (Å²) >= 11 is 12.2. The van der Waals surface area contributed by atoms with Gasteiger partial charge >= 0.3 is 0 Å². The van der Waals surface area contributed by atoms with Gasteiger partial charge in [0.05, 0.1) is 11.1 Å². The van der Waals surface area contributed by atoms with Crippen LogP contribution >= 0.6 is 23.2 Å². The molecule has 1 aliphatic heterocycles. The van der Waals surface area contributed by atoms with Crippen molar-refractivity contribution in [2.24, 2.45) is 0 Å². The zero-order valence-corrected chi connectivity index (χ0v) is 15.9. The molecule has 1 amide bonds. The second-order valence-electron chi connectivity index (χ2n) is 6.52. The monoisotopic (exact) mass is 393 g/mol. The Kier molecular flexibility index (Phi) is 5.26. The van der Waals surface area contributed by atoms with Crippen LogP contribution in [-0.4, -0.2) is 24.2 Å². The maximum absolute atomic E-state index is 13.5. The Labute approximate surface area is 162 Å². The summed E-state index contributed by atoms with van der Waals surface area (Å²) in [5.41, 5.74) is 0.867. The number of carbonyl (C=O) groups is 1. The number of rotatable bonds is 4. The molecule has 1 heterocycles. The molecule has 3 rings (SSSR count). The quantitative estimate of drug-likeness (QED) is 0.693. The molecule has 0 radical (unpaired) electrons. The van der Waals surface area contributed by atoms with Crippen molar-refractivity contribution in [1.29, 1.82) is 0 Å². The molecule has 0 bridgehead atoms. The van der Waals surface area contributed by atoms with Gasteiger partial charge in [0.2, 0.25) is 0 Å². The van der Waals surface area contributed by atoms with Crippen molar-refractivity contribution < 1.29 is 13.9 Å². The van der Waals surface area contributed by atoms with Gasteiger partial charge < -0.3 is 4.74 Å². The summed E-state index contributed by atoms with van der Waals surface area (Å²) in [5.74, 6) is -0.242. The lowest BCUT2D eigenvalue weighted by atomic mass is 9.90. The maximum atomic E-state index is 13.5. The van der Waals surface area contributed by atoms with E-state index in [1.807, 2.05) is 19.9 Å². The topological polar surface area (TPSA) is 29.5 Å². The second-order valence-corrected chi connectivity index (χ2v) is 7.39. The lowest BCUT2D eigenvalue weighted by Gasteiger charge is -2.42. The molecular weight excluding hydrogens is 376 g/mol. The molecule has 0 spiro atoms. The first-order chi connectivity index (χ1) is 12.3. The van der Waals surface area contributed by atoms with Crippen molar-refractivity contribution in [3.63, 3.8) is 0 Å². The number of benzene rings is 2. The molecule has 6 heteroatoms. The third-order valence-electron chi connectivity index (χ3n) is 4.53. The largest absolute Gasteiger partial charge is 0.474 e. The van der Waals surface area contributed by atoms with Crippen LogP contribution in [0.3, 0.4) is 0 Å². The van der Waals surface area contributed by atoms with Gasteiger partial charge in [-0.05, 0) is 43.2 Å². The van der Waals surface area contributed by atoms with Gasteiger partial charge in [0.1, 0.15) is 12.4 Å². The van der Waals surface area contributed by atoms with Crippen LogP contribution < -0.4 is 0 Å². The van der Waals surface area contributed by atoms with Gasteiger partial charge in [-0.3, -0.25) is 9.69 Å². The number of halogens is 3. The number of alkyl halides is 1. The van der Waals surface area contributed by atoms with Crippen LogP contribution in [0, 0.1) is 0 Å². The molecule has 2 aromatic carbocycles. The lowest BCUT2D eigenvalue weighted by molar-refractivity contribution is -0.139. The second kappa shape index (κ2) is 7.29. The first-order valence-electron chi connectivity index (χ1n) is 8.10. The maximum Gasteiger partial charge on any atom is 0.261 e. The molecule has 3 nitrogen and oxygen atoms in total. The summed E-state index contributed by atoms with van der Waals surface area (Å²) in [6.45, 7) is 2.86. The molecule has 0 aliphatic carbocycles. The van der Waals surface area contributed by atoms with E-state index in [0.717, 1.165) is 5.56 Å². The van der Waals surface area contributed by atoms with Crippen molar-refractivity contribution in [2.45, 2.75) is 19.4 Å². The molecule has 0 unspecified atom stereocenters. The third-order valence-corrected chi connectivity index (χ3v) is 4.97. The molecular formula is C20H18Cl2FNO2. The molecule has 26 heavy (non-hydrogen) atoms. The number of amides is 1. The van der Waals surface area contributed by atoms with Crippen LogP contribution in [0.25, 0.3) is 5.57 Å². The Morgan fingerprint density at radius 3 is 2.31 bits per heavy atom. The lowest BCUT2D eigenvalue weighted by Crippen LogP contribution is -2.49. The van der Waals surface area contributed by atoms with E-state index < -0.39 is 12.2 Å². The highest BCUT2D eigenvalue weighted by atomic mass is 35.5. The average molecular weight is 394 g/mol. The van der Waals surface area contributed by atoms with Crippen LogP contribution in [0.15, 0.2) is 54.3 Å². The molecule has 0 aromatic heterocycles. The molecule has 1 aliphatic rings. The van der Waals surface area contributed by atoms with Gasteiger partial charge in [0, 0.05) is 10.0 Å². The van der Waals surface area contributed by atoms with Crippen LogP contribution in [0.5, 0.6) is 0 Å². The Morgan fingerprint density at radius 1 is 1.12 bits per heavy atom. The van der Waals surface area contributed by atoms with E-state index in [2.05, 4.69) is 0 Å². The summed E-state index contributed by atoms with van der Waals surface area (Å²) in [7, 11) is 0. The summed E-state index contributed by atoms with van der Waals surface area (Å²) < 4.78 is 19.0. The van der Waals surface area contributed by atoms with Gasteiger partial charge in [-0.2, -0.15) is 0 Å². The number of allylic oxidation sites excluding steroid dienone is 1. The van der Waals surface area contributed by atoms with E-state index in [4.69, 9.17) is 27.9 Å². The third kappa shape index (κ3) is 3.44. The average Bonchev–Trinajstić information content (AvgIpc) is 2.61. The summed E-state index contributed by atoms with van der Waals surface area (Å²) in [5, 5.41) is 0.962. The Hall–Kier alpha value is -2.04. The molecule has 0 saturated carbocycles. The molecule has 2 aromatic rings. The summed E-state index contributed by atoms with van der Waals surface area (Å²) in [6, 6.07) is 14.1. The van der Waals surface area contributed by atoms with E-state index >= 15 is 0 Å². The van der Waals surface area contributed by atoms with Gasteiger partial charge in [-0.1, -0.05) is 53.5 Å². The number of hydrogen-bond donors (Lipinski definition) is 0. The van der Waals surface area contributed by atoms with Crippen molar-refractivity contribution >= 4 is 34.7 Å². The highest BCUT2D eigenvalue weighted by Gasteiger charge is 2.39. The summed E-state index contributed by atoms with van der Waals surface area (Å²) in [4.78, 5) is 14.8. The number of hydrogen-bond acceptors (Lipinski definition) is 2. The highest BCUT2D eigenvalue weighted by Crippen LogP contribution is 2.37. The van der Waals surface area contributed by atoms with Crippen molar-refractivity contribution in [1.82, 2.24) is 4.90 Å². The van der Waals surface area contributed by atoms with Gasteiger partial charge in [0.25, 0.3) is 5.91 Å². The minimum absolute atomic E-state index is 0.0500. The molecule has 0 atom stereocenters. The number of carbonyl (C=O) groups excluding carboxylic acids is 1. The van der Waals surface area contributed by atoms with Crippen LogP contribution in [-0.2, 0) is 15.1 Å². The SMILES string of the molecule is CC(C)(c1cc(Cl)cc(Cl)c1)N1COC(CF)=C(c2ccccc2)C1=O.